The van der Waals surface area contributed by atoms with Crippen molar-refractivity contribution in [2.75, 3.05) is 0 Å². The molecule has 1 aromatic heterocycles. The fourth-order valence-electron chi connectivity index (χ4n) is 1.53. The van der Waals surface area contributed by atoms with Crippen molar-refractivity contribution in [3.8, 4) is 11.3 Å². The molecule has 0 saturated heterocycles. The topological polar surface area (TPSA) is 55.1 Å². The second kappa shape index (κ2) is 4.09. The van der Waals surface area contributed by atoms with Crippen LogP contribution in [0.4, 0.5) is 0 Å². The van der Waals surface area contributed by atoms with Gasteiger partial charge in [-0.05, 0) is 12.1 Å². The highest BCUT2D eigenvalue weighted by molar-refractivity contribution is 9.10. The van der Waals surface area contributed by atoms with Crippen LogP contribution in [0.3, 0.4) is 0 Å². The van der Waals surface area contributed by atoms with Gasteiger partial charge >= 0.3 is 5.97 Å². The van der Waals surface area contributed by atoms with E-state index in [0.29, 0.717) is 5.69 Å². The average molecular weight is 281 g/mol. The Morgan fingerprint density at radius 1 is 1.50 bits per heavy atom. The zero-order valence-corrected chi connectivity index (χ0v) is 10.1. The SMILES string of the molecule is Cn1cnc(-c2cccc(Br)c2)c1C(=O)O. The van der Waals surface area contributed by atoms with Crippen LogP contribution < -0.4 is 0 Å². The fourth-order valence-corrected chi connectivity index (χ4v) is 1.93. The fraction of sp³-hybridized carbons (Fsp3) is 0.0909. The van der Waals surface area contributed by atoms with Crippen molar-refractivity contribution in [3.05, 3.63) is 40.8 Å². The third-order valence-electron chi connectivity index (χ3n) is 2.24. The Hall–Kier alpha value is -1.62. The zero-order chi connectivity index (χ0) is 11.7. The third kappa shape index (κ3) is 1.86. The summed E-state index contributed by atoms with van der Waals surface area (Å²) in [6.45, 7) is 0. The molecule has 0 aliphatic carbocycles. The molecule has 2 rings (SSSR count). The lowest BCUT2D eigenvalue weighted by molar-refractivity contribution is 0.0687. The van der Waals surface area contributed by atoms with Crippen molar-refractivity contribution in [2.45, 2.75) is 0 Å². The molecule has 5 heteroatoms. The lowest BCUT2D eigenvalue weighted by Gasteiger charge is -2.01. The van der Waals surface area contributed by atoms with Crippen LogP contribution in [0.2, 0.25) is 0 Å². The van der Waals surface area contributed by atoms with Gasteiger partial charge in [0, 0.05) is 17.1 Å². The van der Waals surface area contributed by atoms with Crippen LogP contribution in [0, 0.1) is 0 Å². The minimum absolute atomic E-state index is 0.193. The van der Waals surface area contributed by atoms with E-state index in [2.05, 4.69) is 20.9 Å². The van der Waals surface area contributed by atoms with Crippen LogP contribution in [0.1, 0.15) is 10.5 Å². The molecule has 0 fully saturated rings. The summed E-state index contributed by atoms with van der Waals surface area (Å²) in [4.78, 5) is 15.2. The number of aromatic nitrogens is 2. The maximum atomic E-state index is 11.1. The number of aryl methyl sites for hydroxylation is 1. The van der Waals surface area contributed by atoms with Gasteiger partial charge in [0.1, 0.15) is 5.69 Å². The molecule has 0 spiro atoms. The predicted molar refractivity (Wildman–Crippen MR) is 63.3 cm³/mol. The number of hydrogen-bond donors (Lipinski definition) is 1. The molecule has 0 saturated carbocycles. The predicted octanol–water partition coefficient (Wildman–Crippen LogP) is 2.55. The monoisotopic (exact) mass is 280 g/mol. The largest absolute Gasteiger partial charge is 0.477 e. The number of carbonyl (C=O) groups is 1. The van der Waals surface area contributed by atoms with Crippen LogP contribution in [-0.4, -0.2) is 20.6 Å². The highest BCUT2D eigenvalue weighted by Crippen LogP contribution is 2.24. The summed E-state index contributed by atoms with van der Waals surface area (Å²) in [7, 11) is 1.66. The van der Waals surface area contributed by atoms with E-state index < -0.39 is 5.97 Å². The zero-order valence-electron chi connectivity index (χ0n) is 8.51. The van der Waals surface area contributed by atoms with Gasteiger partial charge in [-0.2, -0.15) is 0 Å². The molecule has 0 amide bonds. The maximum absolute atomic E-state index is 11.1. The summed E-state index contributed by atoms with van der Waals surface area (Å²) in [6.07, 6.45) is 1.50. The summed E-state index contributed by atoms with van der Waals surface area (Å²) >= 11 is 3.35. The van der Waals surface area contributed by atoms with Crippen LogP contribution >= 0.6 is 15.9 Å². The van der Waals surface area contributed by atoms with E-state index in [1.807, 2.05) is 24.3 Å². The molecule has 1 aromatic carbocycles. The molecule has 0 aliphatic rings. The first-order valence-electron chi connectivity index (χ1n) is 4.60. The van der Waals surface area contributed by atoms with Crippen molar-refractivity contribution >= 4 is 21.9 Å². The van der Waals surface area contributed by atoms with Crippen molar-refractivity contribution in [1.29, 1.82) is 0 Å². The van der Waals surface area contributed by atoms with E-state index >= 15 is 0 Å². The van der Waals surface area contributed by atoms with E-state index in [9.17, 15) is 4.79 Å². The summed E-state index contributed by atoms with van der Waals surface area (Å²) in [5.74, 6) is -0.977. The van der Waals surface area contributed by atoms with Gasteiger partial charge in [-0.25, -0.2) is 9.78 Å². The van der Waals surface area contributed by atoms with Gasteiger partial charge < -0.3 is 9.67 Å². The van der Waals surface area contributed by atoms with Gasteiger partial charge in [-0.1, -0.05) is 28.1 Å². The number of imidazole rings is 1. The van der Waals surface area contributed by atoms with Crippen molar-refractivity contribution < 1.29 is 9.90 Å². The molecule has 82 valence electrons. The summed E-state index contributed by atoms with van der Waals surface area (Å²) < 4.78 is 2.39. The lowest BCUT2D eigenvalue weighted by atomic mass is 10.1. The van der Waals surface area contributed by atoms with Gasteiger partial charge in [-0.15, -0.1) is 0 Å². The van der Waals surface area contributed by atoms with E-state index in [-0.39, 0.29) is 5.69 Å². The maximum Gasteiger partial charge on any atom is 0.354 e. The Balaban J connectivity index is 2.60. The molecule has 0 radical (unpaired) electrons. The van der Waals surface area contributed by atoms with Crippen molar-refractivity contribution in [2.24, 2.45) is 7.05 Å². The smallest absolute Gasteiger partial charge is 0.354 e. The molecule has 0 atom stereocenters. The van der Waals surface area contributed by atoms with Crippen LogP contribution in [-0.2, 0) is 7.05 Å². The first kappa shape index (κ1) is 10.9. The summed E-state index contributed by atoms with van der Waals surface area (Å²) in [5.41, 5.74) is 1.46. The lowest BCUT2D eigenvalue weighted by Crippen LogP contribution is -2.05. The molecular weight excluding hydrogens is 272 g/mol. The summed E-state index contributed by atoms with van der Waals surface area (Å²) in [6, 6.07) is 7.40. The quantitative estimate of drug-likeness (QED) is 0.920. The Labute approximate surface area is 101 Å². The molecule has 0 bridgehead atoms. The molecule has 1 heterocycles. The summed E-state index contributed by atoms with van der Waals surface area (Å²) in [5, 5.41) is 9.09. The Morgan fingerprint density at radius 3 is 2.88 bits per heavy atom. The number of halogens is 1. The number of rotatable bonds is 2. The number of carboxylic acids is 1. The number of aromatic carboxylic acids is 1. The minimum atomic E-state index is -0.977. The standard InChI is InChI=1S/C11H9BrN2O2/c1-14-6-13-9(10(14)11(15)16)7-3-2-4-8(12)5-7/h2-6H,1H3,(H,15,16). The van der Waals surface area contributed by atoms with Crippen LogP contribution in [0.5, 0.6) is 0 Å². The first-order chi connectivity index (χ1) is 7.59. The Bertz CT molecular complexity index is 549. The van der Waals surface area contributed by atoms with E-state index in [0.717, 1.165) is 10.0 Å². The van der Waals surface area contributed by atoms with Crippen LogP contribution in [0.25, 0.3) is 11.3 Å². The average Bonchev–Trinajstić information content (AvgIpc) is 2.60. The molecule has 16 heavy (non-hydrogen) atoms. The van der Waals surface area contributed by atoms with Crippen molar-refractivity contribution in [3.63, 3.8) is 0 Å². The Kier molecular flexibility index (Phi) is 2.78. The molecular formula is C11H9BrN2O2. The third-order valence-corrected chi connectivity index (χ3v) is 2.73. The second-order valence-electron chi connectivity index (χ2n) is 3.37. The number of nitrogens with zero attached hydrogens (tertiary/aromatic N) is 2. The van der Waals surface area contributed by atoms with Gasteiger partial charge in [-0.3, -0.25) is 0 Å². The number of benzene rings is 1. The van der Waals surface area contributed by atoms with E-state index in [1.54, 1.807) is 7.05 Å². The van der Waals surface area contributed by atoms with Gasteiger partial charge in [0.15, 0.2) is 5.69 Å². The van der Waals surface area contributed by atoms with Gasteiger partial charge in [0.2, 0.25) is 0 Å². The van der Waals surface area contributed by atoms with E-state index in [4.69, 9.17) is 5.11 Å². The molecule has 4 nitrogen and oxygen atoms in total. The highest BCUT2D eigenvalue weighted by Gasteiger charge is 2.17. The number of carboxylic acid groups (broad SMARTS) is 1. The molecule has 1 N–H and O–H groups in total. The van der Waals surface area contributed by atoms with Crippen molar-refractivity contribution in [1.82, 2.24) is 9.55 Å². The van der Waals surface area contributed by atoms with Gasteiger partial charge in [0.05, 0.1) is 6.33 Å². The highest BCUT2D eigenvalue weighted by atomic mass is 79.9. The Morgan fingerprint density at radius 2 is 2.25 bits per heavy atom. The molecule has 2 aromatic rings. The van der Waals surface area contributed by atoms with Gasteiger partial charge in [0.25, 0.3) is 0 Å². The molecule has 0 unspecified atom stereocenters. The van der Waals surface area contributed by atoms with Crippen LogP contribution in [0.15, 0.2) is 35.1 Å². The number of hydrogen-bond acceptors (Lipinski definition) is 2. The minimum Gasteiger partial charge on any atom is -0.477 e. The van der Waals surface area contributed by atoms with E-state index in [1.165, 1.54) is 10.9 Å². The second-order valence-corrected chi connectivity index (χ2v) is 4.28. The first-order valence-corrected chi connectivity index (χ1v) is 5.39. The molecule has 0 aliphatic heterocycles. The normalized spacial score (nSPS) is 10.4.